The van der Waals surface area contributed by atoms with Crippen molar-refractivity contribution in [3.05, 3.63) is 72.4 Å². The smallest absolute Gasteiger partial charge is 0.237 e. The van der Waals surface area contributed by atoms with Crippen LogP contribution < -0.4 is 4.74 Å². The van der Waals surface area contributed by atoms with E-state index in [1.165, 1.54) is 0 Å². The Hall–Kier alpha value is -3.06. The molecule has 0 aliphatic carbocycles. The zero-order valence-electron chi connectivity index (χ0n) is 15.0. The first kappa shape index (κ1) is 17.4. The highest BCUT2D eigenvalue weighted by Gasteiger charge is 2.12. The highest BCUT2D eigenvalue weighted by Crippen LogP contribution is 2.26. The minimum atomic E-state index is 0.541. The summed E-state index contributed by atoms with van der Waals surface area (Å²) in [7, 11) is 1.66. The van der Waals surface area contributed by atoms with Gasteiger partial charge in [0.15, 0.2) is 5.16 Å². The maximum absolute atomic E-state index is 5.40. The third-order valence-electron chi connectivity index (χ3n) is 4.01. The number of hydrogen-bond donors (Lipinski definition) is 0. The summed E-state index contributed by atoms with van der Waals surface area (Å²) >= 11 is 1.54. The molecule has 2 aromatic carbocycles. The Balaban J connectivity index is 1.50. The lowest BCUT2D eigenvalue weighted by Crippen LogP contribution is -1.96. The normalized spacial score (nSPS) is 10.9. The summed E-state index contributed by atoms with van der Waals surface area (Å²) in [5.41, 5.74) is 3.10. The highest BCUT2D eigenvalue weighted by molar-refractivity contribution is 7.98. The molecular weight excluding hydrogens is 360 g/mol. The summed E-state index contributed by atoms with van der Waals surface area (Å²) in [5, 5.41) is 4.93. The SMILES string of the molecule is COc1cccc(-n2ccnc2SCc2nc(-c3cccc(C)c3)no2)c1. The number of ether oxygens (including phenoxy) is 1. The Morgan fingerprint density at radius 1 is 1.15 bits per heavy atom. The average Bonchev–Trinajstić information content (AvgIpc) is 3.36. The molecule has 4 rings (SSSR count). The summed E-state index contributed by atoms with van der Waals surface area (Å²) in [4.78, 5) is 8.93. The van der Waals surface area contributed by atoms with Crippen LogP contribution in [0.25, 0.3) is 17.1 Å². The number of thioether (sulfide) groups is 1. The minimum Gasteiger partial charge on any atom is -0.497 e. The van der Waals surface area contributed by atoms with E-state index in [0.29, 0.717) is 17.5 Å². The van der Waals surface area contributed by atoms with E-state index in [4.69, 9.17) is 9.26 Å². The first-order valence-corrected chi connectivity index (χ1v) is 9.42. The van der Waals surface area contributed by atoms with Crippen LogP contribution in [0, 0.1) is 6.92 Å². The average molecular weight is 378 g/mol. The van der Waals surface area contributed by atoms with E-state index in [0.717, 1.165) is 27.7 Å². The zero-order chi connectivity index (χ0) is 18.6. The first-order valence-electron chi connectivity index (χ1n) is 8.43. The van der Waals surface area contributed by atoms with Crippen LogP contribution >= 0.6 is 11.8 Å². The highest BCUT2D eigenvalue weighted by atomic mass is 32.2. The number of imidazole rings is 1. The van der Waals surface area contributed by atoms with Crippen molar-refractivity contribution in [1.82, 2.24) is 19.7 Å². The molecule has 0 radical (unpaired) electrons. The van der Waals surface area contributed by atoms with Gasteiger partial charge in [-0.25, -0.2) is 4.98 Å². The van der Waals surface area contributed by atoms with E-state index in [9.17, 15) is 0 Å². The van der Waals surface area contributed by atoms with Crippen LogP contribution in [0.3, 0.4) is 0 Å². The molecule has 7 heteroatoms. The minimum absolute atomic E-state index is 0.541. The molecule has 0 atom stereocenters. The van der Waals surface area contributed by atoms with Crippen molar-refractivity contribution in [3.8, 4) is 22.8 Å². The molecule has 6 nitrogen and oxygen atoms in total. The molecule has 0 saturated carbocycles. The summed E-state index contributed by atoms with van der Waals surface area (Å²) < 4.78 is 12.7. The quantitative estimate of drug-likeness (QED) is 0.459. The van der Waals surface area contributed by atoms with Crippen molar-refractivity contribution in [2.45, 2.75) is 17.8 Å². The first-order chi connectivity index (χ1) is 13.2. The van der Waals surface area contributed by atoms with Crippen LogP contribution in [-0.4, -0.2) is 26.8 Å². The summed E-state index contributed by atoms with van der Waals surface area (Å²) in [6, 6.07) is 15.9. The van der Waals surface area contributed by atoms with Gasteiger partial charge in [0, 0.05) is 24.0 Å². The lowest BCUT2D eigenvalue weighted by molar-refractivity contribution is 0.391. The molecule has 0 spiro atoms. The summed E-state index contributed by atoms with van der Waals surface area (Å²) in [5.74, 6) is 2.51. The van der Waals surface area contributed by atoms with Gasteiger partial charge >= 0.3 is 0 Å². The van der Waals surface area contributed by atoms with Gasteiger partial charge in [0.05, 0.1) is 18.6 Å². The maximum atomic E-state index is 5.40. The fraction of sp³-hybridized carbons (Fsp3) is 0.150. The topological polar surface area (TPSA) is 66.0 Å². The van der Waals surface area contributed by atoms with Gasteiger partial charge in [-0.05, 0) is 25.1 Å². The molecule has 2 aromatic heterocycles. The van der Waals surface area contributed by atoms with Crippen LogP contribution in [0.15, 0.2) is 70.6 Å². The van der Waals surface area contributed by atoms with Gasteiger partial charge < -0.3 is 9.26 Å². The number of nitrogens with zero attached hydrogens (tertiary/aromatic N) is 4. The van der Waals surface area contributed by atoms with Gasteiger partial charge in [0.25, 0.3) is 0 Å². The van der Waals surface area contributed by atoms with E-state index < -0.39 is 0 Å². The lowest BCUT2D eigenvalue weighted by Gasteiger charge is -2.08. The number of hydrogen-bond acceptors (Lipinski definition) is 6. The Morgan fingerprint density at radius 2 is 2.04 bits per heavy atom. The Labute approximate surface area is 161 Å². The third kappa shape index (κ3) is 3.88. The van der Waals surface area contributed by atoms with Crippen LogP contribution in [0.2, 0.25) is 0 Å². The molecular formula is C20H18N4O2S. The second-order valence-electron chi connectivity index (χ2n) is 5.95. The van der Waals surface area contributed by atoms with E-state index in [1.54, 1.807) is 25.1 Å². The number of aryl methyl sites for hydroxylation is 1. The third-order valence-corrected chi connectivity index (χ3v) is 4.96. The maximum Gasteiger partial charge on any atom is 0.237 e. The van der Waals surface area contributed by atoms with Crippen molar-refractivity contribution in [3.63, 3.8) is 0 Å². The molecule has 0 aliphatic heterocycles. The van der Waals surface area contributed by atoms with Gasteiger partial charge in [-0.15, -0.1) is 0 Å². The lowest BCUT2D eigenvalue weighted by atomic mass is 10.1. The van der Waals surface area contributed by atoms with E-state index in [2.05, 4.69) is 15.1 Å². The predicted octanol–water partition coefficient (Wildman–Crippen LogP) is 4.53. The predicted molar refractivity (Wildman–Crippen MR) is 104 cm³/mol. The van der Waals surface area contributed by atoms with Gasteiger partial charge in [0.1, 0.15) is 5.75 Å². The number of benzene rings is 2. The van der Waals surface area contributed by atoms with E-state index >= 15 is 0 Å². The fourth-order valence-corrected chi connectivity index (χ4v) is 3.51. The van der Waals surface area contributed by atoms with Crippen molar-refractivity contribution < 1.29 is 9.26 Å². The van der Waals surface area contributed by atoms with E-state index in [1.807, 2.05) is 66.2 Å². The monoisotopic (exact) mass is 378 g/mol. The molecule has 0 aliphatic rings. The molecule has 0 fully saturated rings. The number of aromatic nitrogens is 4. The number of methoxy groups -OCH3 is 1. The molecule has 0 N–H and O–H groups in total. The van der Waals surface area contributed by atoms with Gasteiger partial charge in [0.2, 0.25) is 11.7 Å². The molecule has 0 amide bonds. The van der Waals surface area contributed by atoms with Crippen molar-refractivity contribution in [2.24, 2.45) is 0 Å². The van der Waals surface area contributed by atoms with E-state index in [-0.39, 0.29) is 0 Å². The van der Waals surface area contributed by atoms with Crippen LogP contribution in [-0.2, 0) is 5.75 Å². The largest absolute Gasteiger partial charge is 0.497 e. The molecule has 27 heavy (non-hydrogen) atoms. The molecule has 136 valence electrons. The standard InChI is InChI=1S/C20H18N4O2S/c1-14-5-3-6-15(11-14)19-22-18(26-23-19)13-27-20-21-9-10-24(20)16-7-4-8-17(12-16)25-2/h3-12H,13H2,1-2H3. The fourth-order valence-electron chi connectivity index (χ4n) is 2.69. The number of rotatable bonds is 6. The van der Waals surface area contributed by atoms with Crippen molar-refractivity contribution in [2.75, 3.05) is 7.11 Å². The molecule has 4 aromatic rings. The summed E-state index contributed by atoms with van der Waals surface area (Å²) in [6.07, 6.45) is 3.69. The Kier molecular flexibility index (Phi) is 4.93. The second-order valence-corrected chi connectivity index (χ2v) is 6.89. The van der Waals surface area contributed by atoms with Crippen molar-refractivity contribution >= 4 is 11.8 Å². The van der Waals surface area contributed by atoms with Crippen LogP contribution in [0.5, 0.6) is 5.75 Å². The molecule has 0 bridgehead atoms. The van der Waals surface area contributed by atoms with Gasteiger partial charge in [-0.1, -0.05) is 46.7 Å². The molecule has 0 unspecified atom stereocenters. The van der Waals surface area contributed by atoms with Gasteiger partial charge in [-0.2, -0.15) is 4.98 Å². The van der Waals surface area contributed by atoms with Crippen LogP contribution in [0.1, 0.15) is 11.5 Å². The summed E-state index contributed by atoms with van der Waals surface area (Å²) in [6.45, 7) is 2.04. The van der Waals surface area contributed by atoms with Gasteiger partial charge in [-0.3, -0.25) is 4.57 Å². The zero-order valence-corrected chi connectivity index (χ0v) is 15.8. The van der Waals surface area contributed by atoms with Crippen LogP contribution in [0.4, 0.5) is 0 Å². The Morgan fingerprint density at radius 3 is 2.89 bits per heavy atom. The second kappa shape index (κ2) is 7.67. The molecule has 0 saturated heterocycles. The Bertz CT molecular complexity index is 1060. The van der Waals surface area contributed by atoms with Crippen molar-refractivity contribution in [1.29, 1.82) is 0 Å². The molecule has 2 heterocycles.